The Kier molecular flexibility index (Phi) is 33.1. The molecule has 0 aromatic carbocycles. The number of ether oxygens (including phenoxy) is 6. The number of hydrogen-bond donors (Lipinski definition) is 4. The van der Waals surface area contributed by atoms with Crippen molar-refractivity contribution < 1.29 is 121 Å². The van der Waals surface area contributed by atoms with Crippen molar-refractivity contribution in [2.45, 2.75) is 330 Å². The van der Waals surface area contributed by atoms with Crippen LogP contribution in [0.1, 0.15) is 274 Å². The van der Waals surface area contributed by atoms with Gasteiger partial charge in [0.05, 0.1) is 38.1 Å². The Morgan fingerprint density at radius 2 is 0.802 bits per heavy atom. The van der Waals surface area contributed by atoms with E-state index in [9.17, 15) is 43.8 Å². The van der Waals surface area contributed by atoms with Gasteiger partial charge in [-0.1, -0.05) is 117 Å². The molecular formula is C87H138BN3NaO19. The predicted molar refractivity (Wildman–Crippen MR) is 416 cm³/mol. The molecular weight excluding hydrogens is 1420 g/mol. The van der Waals surface area contributed by atoms with E-state index in [-0.39, 0.29) is 99.0 Å². The fraction of sp³-hybridized carbons (Fsp3) is 0.851. The third-order valence-electron chi connectivity index (χ3n) is 30.7. The second kappa shape index (κ2) is 40.2. The number of carbonyl (C=O) groups is 7. The van der Waals surface area contributed by atoms with Gasteiger partial charge in [0.1, 0.15) is 24.4 Å². The first-order chi connectivity index (χ1) is 52.3. The van der Waals surface area contributed by atoms with Gasteiger partial charge in [-0.25, -0.2) is 19.4 Å². The third kappa shape index (κ3) is 20.9. The Morgan fingerprint density at radius 3 is 1.08 bits per heavy atom. The van der Waals surface area contributed by atoms with Gasteiger partial charge in [-0.3, -0.25) is 29.0 Å². The van der Waals surface area contributed by atoms with E-state index in [1.165, 1.54) is 133 Å². The summed E-state index contributed by atoms with van der Waals surface area (Å²) in [6, 6.07) is -0.859. The Hall–Kier alpha value is -3.59. The Balaban J connectivity index is 0.000000169. The average molecular weight is 1560 g/mol. The van der Waals surface area contributed by atoms with Crippen molar-refractivity contribution in [1.82, 2.24) is 15.1 Å². The molecule has 15 aliphatic rings. The van der Waals surface area contributed by atoms with Crippen LogP contribution in [0.2, 0.25) is 0 Å². The van der Waals surface area contributed by atoms with Crippen LogP contribution in [-0.2, 0) is 76.4 Å². The molecule has 9 aliphatic carbocycles. The zero-order valence-corrected chi connectivity index (χ0v) is 71.4. The Labute approximate surface area is 686 Å². The molecule has 15 fully saturated rings. The SMILES string of the molecule is C=C1CCC2[C@]3(C)CO[C@@H](C4CCCC4)O[C@@H]3CC[C@@]2(C)[C@@H]1CC=O.C=C1CCC2[C@]3(C)CO[C@@H](C4CCCC4)O[C@@H]3CC[C@@]2(C)[C@@H]1CCN1CCCC1C(=O)O.C=C1CCC2[C@]3(C)CO[C@@H](C4CCCC4)O[C@@H]3CC[C@@]2(C)[C@@H]1CCN1CCCC1C(=O)O.CC(=O)OOC(C)=O.O=C(O)C1CCCN1.[B-]OC(C)=O.[Na+]. The molecule has 0 aromatic rings. The zero-order chi connectivity index (χ0) is 79.5. The minimum Gasteiger partial charge on any atom is -0.793 e. The minimum atomic E-state index is -0.720. The number of likely N-dealkylation sites (tertiary alicyclic amines) is 2. The van der Waals surface area contributed by atoms with Crippen molar-refractivity contribution in [3.05, 3.63) is 36.5 Å². The second-order valence-corrected chi connectivity index (χ2v) is 37.4. The first-order valence-electron chi connectivity index (χ1n) is 42.8. The van der Waals surface area contributed by atoms with Crippen molar-refractivity contribution in [3.63, 3.8) is 0 Å². The monoisotopic (exact) mass is 1560 g/mol. The molecule has 111 heavy (non-hydrogen) atoms. The van der Waals surface area contributed by atoms with Gasteiger partial charge in [-0.15, -0.1) is 0 Å². The third-order valence-corrected chi connectivity index (χ3v) is 30.7. The molecule has 0 spiro atoms. The molecule has 619 valence electrons. The summed E-state index contributed by atoms with van der Waals surface area (Å²) in [6.07, 6.45) is 39.2. The van der Waals surface area contributed by atoms with Gasteiger partial charge in [-0.2, -0.15) is 0 Å². The van der Waals surface area contributed by atoms with Gasteiger partial charge in [0, 0.05) is 61.2 Å². The van der Waals surface area contributed by atoms with Crippen LogP contribution >= 0.6 is 0 Å². The number of carbonyl (C=O) groups excluding carboxylic acids is 4. The number of nitrogens with zero attached hydrogens (tertiary/aromatic N) is 2. The summed E-state index contributed by atoms with van der Waals surface area (Å²) < 4.78 is 42.8. The molecule has 9 saturated carbocycles. The molecule has 3 radical (unpaired) electrons. The van der Waals surface area contributed by atoms with Crippen LogP contribution in [0.4, 0.5) is 0 Å². The first-order valence-corrected chi connectivity index (χ1v) is 42.8. The van der Waals surface area contributed by atoms with E-state index >= 15 is 0 Å². The van der Waals surface area contributed by atoms with E-state index in [0.717, 1.165) is 169 Å². The molecule has 0 aromatic heterocycles. The maximum absolute atomic E-state index is 11.7. The van der Waals surface area contributed by atoms with Gasteiger partial charge < -0.3 is 66.6 Å². The molecule has 4 N–H and O–H groups in total. The fourth-order valence-electron chi connectivity index (χ4n) is 24.9. The van der Waals surface area contributed by atoms with E-state index in [1.54, 1.807) is 0 Å². The minimum absolute atomic E-state index is 0. The molecule has 0 amide bonds. The van der Waals surface area contributed by atoms with Crippen LogP contribution in [0, 0.1) is 85.8 Å². The quantitative estimate of drug-likeness (QED) is 0.0413. The van der Waals surface area contributed by atoms with Gasteiger partial charge in [0.15, 0.2) is 18.9 Å². The van der Waals surface area contributed by atoms with Crippen LogP contribution in [-0.4, -0.2) is 183 Å². The maximum atomic E-state index is 11.7. The Bertz CT molecular complexity index is 3040. The number of fused-ring (bicyclic) bond motifs is 9. The fourth-order valence-corrected chi connectivity index (χ4v) is 24.9. The number of aliphatic carboxylic acids is 3. The molecule has 6 aliphatic heterocycles. The number of carboxylic acid groups (broad SMARTS) is 3. The molecule has 21 atom stereocenters. The summed E-state index contributed by atoms with van der Waals surface area (Å²) in [7, 11) is 4.32. The molecule has 0 bridgehead atoms. The van der Waals surface area contributed by atoms with Crippen LogP contribution in [0.25, 0.3) is 0 Å². The number of allylic oxidation sites excluding steroid dienone is 3. The molecule has 6 saturated heterocycles. The van der Waals surface area contributed by atoms with Gasteiger partial charge in [0.25, 0.3) is 0 Å². The predicted octanol–water partition coefficient (Wildman–Crippen LogP) is 11.9. The van der Waals surface area contributed by atoms with Crippen molar-refractivity contribution in [2.24, 2.45) is 85.8 Å². The first kappa shape index (κ1) is 91.3. The summed E-state index contributed by atoms with van der Waals surface area (Å²) in [5.74, 6) is 0.954. The maximum Gasteiger partial charge on any atom is 1.00 e. The van der Waals surface area contributed by atoms with Gasteiger partial charge in [0.2, 0.25) is 5.97 Å². The largest absolute Gasteiger partial charge is 1.00 e. The van der Waals surface area contributed by atoms with E-state index in [0.29, 0.717) is 78.0 Å². The summed E-state index contributed by atoms with van der Waals surface area (Å²) in [5, 5.41) is 30.4. The number of rotatable bonds is 14. The smallest absolute Gasteiger partial charge is 0.793 e. The van der Waals surface area contributed by atoms with Crippen molar-refractivity contribution in [1.29, 1.82) is 0 Å². The van der Waals surface area contributed by atoms with Crippen molar-refractivity contribution >= 4 is 50.2 Å². The topological polar surface area (TPSA) is 282 Å². The summed E-state index contributed by atoms with van der Waals surface area (Å²) in [5.41, 5.74) is 4.83. The zero-order valence-electron chi connectivity index (χ0n) is 69.4. The van der Waals surface area contributed by atoms with Crippen LogP contribution < -0.4 is 34.9 Å². The van der Waals surface area contributed by atoms with Crippen LogP contribution in [0.15, 0.2) is 36.5 Å². The summed E-state index contributed by atoms with van der Waals surface area (Å²) in [6.45, 7) is 38.4. The normalized spacial score (nSPS) is 40.0. The molecule has 6 unspecified atom stereocenters. The van der Waals surface area contributed by atoms with E-state index < -0.39 is 35.8 Å². The molecule has 24 heteroatoms. The van der Waals surface area contributed by atoms with Gasteiger partial charge in [-0.05, 0) is 251 Å². The van der Waals surface area contributed by atoms with Crippen molar-refractivity contribution in [2.75, 3.05) is 52.5 Å². The number of nitrogens with one attached hydrogen (secondary N) is 1. The van der Waals surface area contributed by atoms with E-state index in [4.69, 9.17) is 33.5 Å². The van der Waals surface area contributed by atoms with E-state index in [2.05, 4.69) is 98.9 Å². The van der Waals surface area contributed by atoms with Crippen LogP contribution in [0.5, 0.6) is 0 Å². The van der Waals surface area contributed by atoms with Crippen LogP contribution in [0.3, 0.4) is 0 Å². The van der Waals surface area contributed by atoms with Gasteiger partial charge >= 0.3 is 59.4 Å². The summed E-state index contributed by atoms with van der Waals surface area (Å²) >= 11 is 0. The molecule has 22 nitrogen and oxygen atoms in total. The standard InChI is InChI=1S/2C27H43NO4.C22H34O3.C5H9NO2.C4H6O4.C2H3BO2.Na/c2*1-18-10-11-22-26(2,20(18)13-16-28-15-6-9-21(28)24(29)30)14-12-23-27(22,3)17-31-25(32-23)19-7-4-5-8-19;1-15-8-9-18-21(2,17(15)11-13-23)12-10-19-22(18,3)14-24-20(25-19)16-6-4-5-7-16;7-5(8)4-2-1-3-6-4;1-3(5)7-8-4(2)6;1-2(4)5-3;/h2*19-23,25H,1,4-17H2,2-3H3,(H,29,30);13,16-20H,1,4-12,14H2,2-3H3;4,6H,1-3H2,(H,7,8);1-2H3;1H3;/q;;;;;-1;+1/t2*20-,21?,22?,23-,25-,26+,27+;17-,18?,19-,20-,21+,22+;;;;/m111..../s1. The van der Waals surface area contributed by atoms with E-state index in [1.807, 2.05) is 0 Å². The Morgan fingerprint density at radius 1 is 0.468 bits per heavy atom. The number of hydrogen-bond acceptors (Lipinski definition) is 19. The number of carboxylic acids is 3. The summed E-state index contributed by atoms with van der Waals surface area (Å²) in [4.78, 5) is 85.9. The molecule has 6 heterocycles. The molecule has 15 rings (SSSR count). The second-order valence-electron chi connectivity index (χ2n) is 37.4. The average Bonchev–Trinajstić information content (AvgIpc) is 1.71. The van der Waals surface area contributed by atoms with Crippen molar-refractivity contribution in [3.8, 4) is 0 Å². The number of aldehydes is 1.